The fourth-order valence-electron chi connectivity index (χ4n) is 3.55. The molecule has 0 bridgehead atoms. The van der Waals surface area contributed by atoms with Gasteiger partial charge in [-0.3, -0.25) is 10.1 Å². The fourth-order valence-corrected chi connectivity index (χ4v) is 3.55. The lowest BCUT2D eigenvalue weighted by molar-refractivity contribution is -0.118. The molecule has 0 unspecified atom stereocenters. The molecule has 0 aliphatic carbocycles. The molecule has 7 heteroatoms. The molecule has 2 N–H and O–H groups in total. The van der Waals surface area contributed by atoms with E-state index in [4.69, 9.17) is 4.74 Å². The molecule has 3 aromatic carbocycles. The Morgan fingerprint density at radius 2 is 1.59 bits per heavy atom. The zero-order valence-electron chi connectivity index (χ0n) is 17.2. The van der Waals surface area contributed by atoms with Gasteiger partial charge in [0.2, 0.25) is 5.95 Å². The van der Waals surface area contributed by atoms with Crippen molar-refractivity contribution in [1.29, 1.82) is 0 Å². The molecule has 158 valence electrons. The van der Waals surface area contributed by atoms with Crippen LogP contribution in [0.15, 0.2) is 97.1 Å². The van der Waals surface area contributed by atoms with E-state index in [2.05, 4.69) is 26.8 Å². The van der Waals surface area contributed by atoms with E-state index in [1.54, 1.807) is 16.8 Å². The van der Waals surface area contributed by atoms with Crippen LogP contribution in [-0.2, 0) is 4.79 Å². The highest BCUT2D eigenvalue weighted by molar-refractivity contribution is 5.90. The van der Waals surface area contributed by atoms with Gasteiger partial charge in [-0.2, -0.15) is 4.98 Å². The van der Waals surface area contributed by atoms with Gasteiger partial charge in [0.1, 0.15) is 11.8 Å². The Bertz CT molecular complexity index is 1240. The first-order valence-corrected chi connectivity index (χ1v) is 10.3. The molecule has 4 aromatic rings. The molecule has 0 saturated carbocycles. The van der Waals surface area contributed by atoms with Gasteiger partial charge in [0.05, 0.1) is 0 Å². The van der Waals surface area contributed by atoms with Gasteiger partial charge in [0, 0.05) is 5.70 Å². The molecule has 7 nitrogen and oxygen atoms in total. The van der Waals surface area contributed by atoms with Crippen LogP contribution in [0, 0.1) is 0 Å². The Kier molecular flexibility index (Phi) is 5.36. The molecule has 0 radical (unpaired) electrons. The van der Waals surface area contributed by atoms with Crippen molar-refractivity contribution in [3.8, 4) is 5.75 Å². The topological polar surface area (TPSA) is 81.1 Å². The van der Waals surface area contributed by atoms with Crippen LogP contribution in [-0.4, -0.2) is 27.3 Å². The molecule has 1 amide bonds. The minimum atomic E-state index is -0.329. The van der Waals surface area contributed by atoms with Gasteiger partial charge < -0.3 is 10.1 Å². The number of carbonyl (C=O) groups is 1. The number of aromatic nitrogens is 3. The number of para-hydroxylation sites is 1. The fraction of sp³-hybridized carbons (Fsp3) is 0.0800. The highest BCUT2D eigenvalue weighted by atomic mass is 16.5. The molecule has 5 rings (SSSR count). The molecule has 1 atom stereocenters. The normalized spacial score (nSPS) is 14.6. The SMILES string of the molecule is O=C(COc1ccccc1)Nc1nc2n(n1)[C@H](c1ccccc1)C=C(c1ccccc1)N2. The van der Waals surface area contributed by atoms with Gasteiger partial charge in [-0.05, 0) is 29.3 Å². The van der Waals surface area contributed by atoms with Crippen LogP contribution in [0.2, 0.25) is 0 Å². The zero-order chi connectivity index (χ0) is 21.8. The molecule has 1 aliphatic heterocycles. The molecule has 1 aliphatic rings. The summed E-state index contributed by atoms with van der Waals surface area (Å²) >= 11 is 0. The van der Waals surface area contributed by atoms with E-state index in [1.807, 2.05) is 78.9 Å². The van der Waals surface area contributed by atoms with Gasteiger partial charge >= 0.3 is 0 Å². The summed E-state index contributed by atoms with van der Waals surface area (Å²) in [6, 6.07) is 29.1. The Morgan fingerprint density at radius 1 is 0.938 bits per heavy atom. The van der Waals surface area contributed by atoms with E-state index in [9.17, 15) is 4.79 Å². The first-order valence-electron chi connectivity index (χ1n) is 10.3. The Balaban J connectivity index is 1.38. The quantitative estimate of drug-likeness (QED) is 0.482. The molecule has 1 aromatic heterocycles. The lowest BCUT2D eigenvalue weighted by atomic mass is 10.0. The lowest BCUT2D eigenvalue weighted by Gasteiger charge is -2.24. The summed E-state index contributed by atoms with van der Waals surface area (Å²) in [5.74, 6) is 1.07. The van der Waals surface area contributed by atoms with Crippen LogP contribution < -0.4 is 15.4 Å². The Morgan fingerprint density at radius 3 is 2.31 bits per heavy atom. The van der Waals surface area contributed by atoms with Crippen molar-refractivity contribution in [3.63, 3.8) is 0 Å². The average molecular weight is 423 g/mol. The number of nitrogens with zero attached hydrogens (tertiary/aromatic N) is 3. The Labute approximate surface area is 185 Å². The van der Waals surface area contributed by atoms with Gasteiger partial charge in [-0.1, -0.05) is 78.9 Å². The molecular formula is C25H21N5O2. The Hall–Kier alpha value is -4.39. The summed E-state index contributed by atoms with van der Waals surface area (Å²) in [5, 5.41) is 10.6. The number of rotatable bonds is 6. The summed E-state index contributed by atoms with van der Waals surface area (Å²) < 4.78 is 7.28. The average Bonchev–Trinajstić information content (AvgIpc) is 3.26. The van der Waals surface area contributed by atoms with Crippen LogP contribution in [0.1, 0.15) is 17.2 Å². The van der Waals surface area contributed by atoms with Crippen LogP contribution in [0.5, 0.6) is 5.75 Å². The summed E-state index contributed by atoms with van der Waals surface area (Å²) in [7, 11) is 0. The number of hydrogen-bond donors (Lipinski definition) is 2. The summed E-state index contributed by atoms with van der Waals surface area (Å²) in [6.45, 7) is -0.128. The highest BCUT2D eigenvalue weighted by Crippen LogP contribution is 2.33. The first kappa shape index (κ1) is 19.6. The third-order valence-corrected chi connectivity index (χ3v) is 5.06. The predicted molar refractivity (Wildman–Crippen MR) is 123 cm³/mol. The van der Waals surface area contributed by atoms with E-state index < -0.39 is 0 Å². The van der Waals surface area contributed by atoms with Crippen LogP contribution in [0.25, 0.3) is 5.70 Å². The number of carbonyl (C=O) groups excluding carboxylic acids is 1. The summed E-state index contributed by atoms with van der Waals surface area (Å²) in [6.07, 6.45) is 2.11. The third kappa shape index (κ3) is 4.22. The monoisotopic (exact) mass is 423 g/mol. The number of fused-ring (bicyclic) bond motifs is 1. The van der Waals surface area contributed by atoms with Gasteiger partial charge in [-0.15, -0.1) is 5.10 Å². The van der Waals surface area contributed by atoms with Crippen molar-refractivity contribution in [2.45, 2.75) is 6.04 Å². The predicted octanol–water partition coefficient (Wildman–Crippen LogP) is 4.35. The highest BCUT2D eigenvalue weighted by Gasteiger charge is 2.25. The molecule has 0 fully saturated rings. The minimum Gasteiger partial charge on any atom is -0.484 e. The van der Waals surface area contributed by atoms with Crippen molar-refractivity contribution in [2.75, 3.05) is 17.2 Å². The van der Waals surface area contributed by atoms with E-state index >= 15 is 0 Å². The maximum atomic E-state index is 12.4. The maximum absolute atomic E-state index is 12.4. The number of nitrogens with one attached hydrogen (secondary N) is 2. The first-order chi connectivity index (χ1) is 15.8. The molecule has 0 saturated heterocycles. The minimum absolute atomic E-state index is 0.128. The third-order valence-electron chi connectivity index (χ3n) is 5.06. The van der Waals surface area contributed by atoms with Gasteiger partial charge in [0.25, 0.3) is 11.9 Å². The van der Waals surface area contributed by atoms with Crippen LogP contribution in [0.3, 0.4) is 0 Å². The maximum Gasteiger partial charge on any atom is 0.264 e. The van der Waals surface area contributed by atoms with E-state index in [0.29, 0.717) is 11.7 Å². The number of ether oxygens (including phenoxy) is 1. The van der Waals surface area contributed by atoms with Crippen molar-refractivity contribution < 1.29 is 9.53 Å². The van der Waals surface area contributed by atoms with Crippen molar-refractivity contribution in [2.24, 2.45) is 0 Å². The molecule has 0 spiro atoms. The van der Waals surface area contributed by atoms with Crippen molar-refractivity contribution in [1.82, 2.24) is 14.8 Å². The van der Waals surface area contributed by atoms with Crippen molar-refractivity contribution >= 4 is 23.5 Å². The van der Waals surface area contributed by atoms with E-state index in [0.717, 1.165) is 16.8 Å². The smallest absolute Gasteiger partial charge is 0.264 e. The number of benzene rings is 3. The van der Waals surface area contributed by atoms with Crippen molar-refractivity contribution in [3.05, 3.63) is 108 Å². The largest absolute Gasteiger partial charge is 0.484 e. The van der Waals surface area contributed by atoms with Gasteiger partial charge in [0.15, 0.2) is 6.61 Å². The van der Waals surface area contributed by atoms with Crippen LogP contribution >= 0.6 is 0 Å². The molecule has 2 heterocycles. The number of amides is 1. The summed E-state index contributed by atoms with van der Waals surface area (Å²) in [4.78, 5) is 16.9. The number of hydrogen-bond acceptors (Lipinski definition) is 5. The second-order valence-corrected chi connectivity index (χ2v) is 7.28. The zero-order valence-corrected chi connectivity index (χ0v) is 17.2. The molecular weight excluding hydrogens is 402 g/mol. The van der Waals surface area contributed by atoms with E-state index in [-0.39, 0.29) is 24.5 Å². The second-order valence-electron chi connectivity index (χ2n) is 7.28. The number of allylic oxidation sites excluding steroid dienone is 1. The number of anilines is 2. The second kappa shape index (κ2) is 8.77. The van der Waals surface area contributed by atoms with Gasteiger partial charge in [-0.25, -0.2) is 4.68 Å². The lowest BCUT2D eigenvalue weighted by Crippen LogP contribution is -2.21. The summed E-state index contributed by atoms with van der Waals surface area (Å²) in [5.41, 5.74) is 3.05. The van der Waals surface area contributed by atoms with E-state index in [1.165, 1.54) is 0 Å². The molecule has 32 heavy (non-hydrogen) atoms. The van der Waals surface area contributed by atoms with Crippen LogP contribution in [0.4, 0.5) is 11.9 Å². The standard InChI is InChI=1S/C25H21N5O2/c31-23(17-32-20-14-8-3-9-15-20)27-24-28-25-26-21(18-10-4-1-5-11-18)16-22(30(25)29-24)19-12-6-2-7-13-19/h1-16,22H,17H2,(H2,26,27,28,29,31)/t22-/m0/s1.